The molecule has 0 saturated heterocycles. The largest absolute Gasteiger partial charge is 0.313 e. The summed E-state index contributed by atoms with van der Waals surface area (Å²) in [5.41, 5.74) is 3.99. The van der Waals surface area contributed by atoms with E-state index < -0.39 is 0 Å². The molecule has 94 valence electrons. The predicted molar refractivity (Wildman–Crippen MR) is 78.9 cm³/mol. The Kier molecular flexibility index (Phi) is 6.38. The molecule has 0 heterocycles. The molecule has 0 aliphatic rings. The van der Waals surface area contributed by atoms with E-state index in [0.29, 0.717) is 0 Å². The van der Waals surface area contributed by atoms with Crippen LogP contribution in [-0.4, -0.2) is 18.8 Å². The van der Waals surface area contributed by atoms with E-state index in [4.69, 9.17) is 0 Å². The summed E-state index contributed by atoms with van der Waals surface area (Å²) < 4.78 is 0. The van der Waals surface area contributed by atoms with Crippen molar-refractivity contribution >= 4 is 11.8 Å². The molecule has 0 aromatic heterocycles. The van der Waals surface area contributed by atoms with Crippen LogP contribution in [-0.2, 0) is 0 Å². The molecule has 1 aromatic carbocycles. The highest BCUT2D eigenvalue weighted by Crippen LogP contribution is 2.22. The van der Waals surface area contributed by atoms with Crippen molar-refractivity contribution in [3.8, 4) is 0 Å². The monoisotopic (exact) mass is 249 g/mol. The van der Waals surface area contributed by atoms with Crippen molar-refractivity contribution in [1.29, 1.82) is 0 Å². The van der Waals surface area contributed by atoms with Gasteiger partial charge in [-0.3, -0.25) is 0 Å². The fourth-order valence-electron chi connectivity index (χ4n) is 1.48. The van der Waals surface area contributed by atoms with E-state index in [1.54, 1.807) is 0 Å². The summed E-state index contributed by atoms with van der Waals surface area (Å²) in [5.74, 6) is 0.999. The number of benzene rings is 1. The summed E-state index contributed by atoms with van der Waals surface area (Å²) >= 11 is 1.87. The van der Waals surface area contributed by atoms with E-state index in [2.05, 4.69) is 50.9 Å². The topological polar surface area (TPSA) is 12.0 Å². The van der Waals surface area contributed by atoms with Crippen molar-refractivity contribution < 1.29 is 0 Å². The van der Waals surface area contributed by atoms with Crippen molar-refractivity contribution in [1.82, 2.24) is 5.32 Å². The van der Waals surface area contributed by atoms with Gasteiger partial charge in [-0.2, -0.15) is 0 Å². The molecule has 0 radical (unpaired) electrons. The highest BCUT2D eigenvalue weighted by atomic mass is 32.2. The van der Waals surface area contributed by atoms with Gasteiger partial charge in [0.25, 0.3) is 0 Å². The number of aryl methyl sites for hydroxylation is 2. The highest BCUT2D eigenvalue weighted by Gasteiger charge is 1.99. The van der Waals surface area contributed by atoms with Gasteiger partial charge in [-0.15, -0.1) is 11.8 Å². The van der Waals surface area contributed by atoms with E-state index in [1.807, 2.05) is 11.8 Å². The Labute approximate surface area is 110 Å². The molecule has 0 unspecified atom stereocenters. The minimum absolute atomic E-state index is 0.936. The van der Waals surface area contributed by atoms with Gasteiger partial charge in [0.1, 0.15) is 0 Å². The highest BCUT2D eigenvalue weighted by molar-refractivity contribution is 7.99. The van der Waals surface area contributed by atoms with Gasteiger partial charge in [-0.1, -0.05) is 25.1 Å². The minimum Gasteiger partial charge on any atom is -0.313 e. The van der Waals surface area contributed by atoms with Crippen LogP contribution in [0.4, 0.5) is 0 Å². The van der Waals surface area contributed by atoms with Crippen molar-refractivity contribution in [2.24, 2.45) is 0 Å². The van der Waals surface area contributed by atoms with Crippen LogP contribution < -0.4 is 5.32 Å². The van der Waals surface area contributed by atoms with Crippen LogP contribution in [0.2, 0.25) is 0 Å². The Hall–Kier alpha value is -0.730. The molecule has 0 atom stereocenters. The number of hydrogen-bond donors (Lipinski definition) is 1. The average Bonchev–Trinajstić information content (AvgIpc) is 2.31. The lowest BCUT2D eigenvalue weighted by Gasteiger charge is -2.08. The van der Waals surface area contributed by atoms with E-state index in [1.165, 1.54) is 28.0 Å². The van der Waals surface area contributed by atoms with Gasteiger partial charge in [0.05, 0.1) is 0 Å². The lowest BCUT2D eigenvalue weighted by atomic mass is 10.1. The molecule has 0 fully saturated rings. The second-order valence-corrected chi connectivity index (χ2v) is 5.51. The third kappa shape index (κ3) is 5.42. The van der Waals surface area contributed by atoms with Gasteiger partial charge in [0.15, 0.2) is 0 Å². The normalized spacial score (nSPS) is 10.5. The first-order valence-corrected chi connectivity index (χ1v) is 7.19. The molecule has 0 spiro atoms. The number of rotatable bonds is 7. The molecular formula is C15H23NS. The molecule has 1 N–H and O–H groups in total. The van der Waals surface area contributed by atoms with Gasteiger partial charge < -0.3 is 5.32 Å². The minimum atomic E-state index is 0.936. The van der Waals surface area contributed by atoms with Crippen LogP contribution in [0.5, 0.6) is 0 Å². The molecule has 0 bridgehead atoms. The molecule has 1 rings (SSSR count). The summed E-state index contributed by atoms with van der Waals surface area (Å²) in [6.45, 7) is 12.6. The number of hydrogen-bond acceptors (Lipinski definition) is 2. The van der Waals surface area contributed by atoms with E-state index in [0.717, 1.165) is 18.8 Å². The SMILES string of the molecule is C=C(CNCCC)CSc1ccc(C)c(C)c1. The molecular weight excluding hydrogens is 226 g/mol. The lowest BCUT2D eigenvalue weighted by Crippen LogP contribution is -2.18. The van der Waals surface area contributed by atoms with Gasteiger partial charge in [0, 0.05) is 17.2 Å². The first kappa shape index (κ1) is 14.3. The summed E-state index contributed by atoms with van der Waals surface area (Å²) in [5, 5.41) is 3.38. The predicted octanol–water partition coefficient (Wildman–Crippen LogP) is 3.95. The van der Waals surface area contributed by atoms with Crippen molar-refractivity contribution in [3.63, 3.8) is 0 Å². The van der Waals surface area contributed by atoms with Crippen LogP contribution in [0.3, 0.4) is 0 Å². The summed E-state index contributed by atoms with van der Waals surface area (Å²) in [4.78, 5) is 1.34. The summed E-state index contributed by atoms with van der Waals surface area (Å²) in [6, 6.07) is 6.64. The molecule has 1 aromatic rings. The molecule has 0 aliphatic heterocycles. The second kappa shape index (κ2) is 7.57. The fourth-order valence-corrected chi connectivity index (χ4v) is 2.38. The Balaban J connectivity index is 2.34. The van der Waals surface area contributed by atoms with Crippen LogP contribution in [0.25, 0.3) is 0 Å². The number of nitrogens with one attached hydrogen (secondary N) is 1. The Bertz CT molecular complexity index is 371. The standard InChI is InChI=1S/C15H23NS/c1-5-8-16-10-12(2)11-17-15-7-6-13(3)14(4)9-15/h6-7,9,16H,2,5,8,10-11H2,1,3-4H3. The molecule has 0 amide bonds. The second-order valence-electron chi connectivity index (χ2n) is 4.46. The third-order valence-corrected chi connectivity index (χ3v) is 3.86. The first-order chi connectivity index (χ1) is 8.13. The van der Waals surface area contributed by atoms with Gasteiger partial charge in [-0.25, -0.2) is 0 Å². The van der Waals surface area contributed by atoms with E-state index in [-0.39, 0.29) is 0 Å². The smallest absolute Gasteiger partial charge is 0.0200 e. The molecule has 1 nitrogen and oxygen atoms in total. The first-order valence-electron chi connectivity index (χ1n) is 6.21. The van der Waals surface area contributed by atoms with Gasteiger partial charge in [-0.05, 0) is 50.1 Å². The maximum atomic E-state index is 4.10. The lowest BCUT2D eigenvalue weighted by molar-refractivity contribution is 0.716. The van der Waals surface area contributed by atoms with Crippen LogP contribution in [0.1, 0.15) is 24.5 Å². The molecule has 17 heavy (non-hydrogen) atoms. The van der Waals surface area contributed by atoms with E-state index >= 15 is 0 Å². The van der Waals surface area contributed by atoms with Gasteiger partial charge in [0.2, 0.25) is 0 Å². The fraction of sp³-hybridized carbons (Fsp3) is 0.467. The van der Waals surface area contributed by atoms with E-state index in [9.17, 15) is 0 Å². The quantitative estimate of drug-likeness (QED) is 0.446. The zero-order valence-electron chi connectivity index (χ0n) is 11.2. The zero-order chi connectivity index (χ0) is 12.7. The van der Waals surface area contributed by atoms with Crippen LogP contribution in [0.15, 0.2) is 35.2 Å². The summed E-state index contributed by atoms with van der Waals surface area (Å²) in [6.07, 6.45) is 1.18. The van der Waals surface area contributed by atoms with Crippen molar-refractivity contribution in [2.75, 3.05) is 18.8 Å². The molecule has 0 saturated carbocycles. The Morgan fingerprint density at radius 1 is 1.29 bits per heavy atom. The maximum absolute atomic E-state index is 4.10. The molecule has 2 heteroatoms. The van der Waals surface area contributed by atoms with Crippen molar-refractivity contribution in [3.05, 3.63) is 41.5 Å². The Morgan fingerprint density at radius 2 is 2.06 bits per heavy atom. The van der Waals surface area contributed by atoms with Crippen LogP contribution in [0, 0.1) is 13.8 Å². The van der Waals surface area contributed by atoms with Crippen molar-refractivity contribution in [2.45, 2.75) is 32.1 Å². The number of thioether (sulfide) groups is 1. The summed E-state index contributed by atoms with van der Waals surface area (Å²) in [7, 11) is 0. The molecule has 0 aliphatic carbocycles. The maximum Gasteiger partial charge on any atom is 0.0200 e. The Morgan fingerprint density at radius 3 is 2.71 bits per heavy atom. The van der Waals surface area contributed by atoms with Gasteiger partial charge >= 0.3 is 0 Å². The van der Waals surface area contributed by atoms with Crippen LogP contribution >= 0.6 is 11.8 Å². The average molecular weight is 249 g/mol. The zero-order valence-corrected chi connectivity index (χ0v) is 12.0. The third-order valence-electron chi connectivity index (χ3n) is 2.72.